The predicted octanol–water partition coefficient (Wildman–Crippen LogP) is 7.64. The van der Waals surface area contributed by atoms with Crippen molar-refractivity contribution in [3.8, 4) is 11.1 Å². The van der Waals surface area contributed by atoms with Crippen molar-refractivity contribution in [2.75, 3.05) is 0 Å². The quantitative estimate of drug-likeness (QED) is 0.377. The van der Waals surface area contributed by atoms with E-state index in [0.29, 0.717) is 0 Å². The van der Waals surface area contributed by atoms with Crippen molar-refractivity contribution < 1.29 is 0 Å². The summed E-state index contributed by atoms with van der Waals surface area (Å²) >= 11 is 0. The summed E-state index contributed by atoms with van der Waals surface area (Å²) in [7, 11) is 0. The minimum Gasteiger partial charge on any atom is -0.256 e. The van der Waals surface area contributed by atoms with Crippen molar-refractivity contribution in [1.29, 1.82) is 0 Å². The lowest BCUT2D eigenvalue weighted by Crippen LogP contribution is -1.98. The van der Waals surface area contributed by atoms with Crippen LogP contribution in [0.15, 0.2) is 89.4 Å². The summed E-state index contributed by atoms with van der Waals surface area (Å²) in [5, 5.41) is 7.86. The second kappa shape index (κ2) is 11.0. The molecule has 0 saturated heterocycles. The average molecular weight is 449 g/mol. The van der Waals surface area contributed by atoms with E-state index in [9.17, 15) is 0 Å². The topological polar surface area (TPSA) is 51.0 Å². The van der Waals surface area contributed by atoms with Crippen LogP contribution in [0, 0.1) is 6.92 Å². The van der Waals surface area contributed by atoms with E-state index in [1.54, 1.807) is 12.4 Å². The van der Waals surface area contributed by atoms with Gasteiger partial charge in [0.25, 0.3) is 0 Å². The molecule has 0 aliphatic heterocycles. The number of hydrogen-bond acceptors (Lipinski definition) is 4. The maximum atomic E-state index is 4.82. The molecule has 0 radical (unpaired) electrons. The van der Waals surface area contributed by atoms with Gasteiger partial charge in [0.2, 0.25) is 0 Å². The smallest absolute Gasteiger partial charge is 0.0812 e. The van der Waals surface area contributed by atoms with E-state index in [2.05, 4.69) is 86.5 Å². The zero-order valence-electron chi connectivity index (χ0n) is 20.5. The molecular formula is C30H32N4. The van der Waals surface area contributed by atoms with Gasteiger partial charge < -0.3 is 0 Å². The Morgan fingerprint density at radius 2 is 1.76 bits per heavy atom. The van der Waals surface area contributed by atoms with E-state index < -0.39 is 0 Å². The van der Waals surface area contributed by atoms with Gasteiger partial charge in [-0.05, 0) is 81.8 Å². The minimum atomic E-state index is 0.800. The molecule has 0 unspecified atom stereocenters. The Morgan fingerprint density at radius 1 is 0.912 bits per heavy atom. The zero-order chi connectivity index (χ0) is 23.9. The van der Waals surface area contributed by atoms with E-state index in [1.165, 1.54) is 34.3 Å². The molecule has 0 N–H and O–H groups in total. The Hall–Kier alpha value is -3.66. The van der Waals surface area contributed by atoms with Crippen LogP contribution in [0.5, 0.6) is 0 Å². The molecule has 1 aliphatic rings. The number of aliphatic imine (C=N–C) groups is 1. The zero-order valence-corrected chi connectivity index (χ0v) is 20.5. The van der Waals surface area contributed by atoms with Gasteiger partial charge in [-0.1, -0.05) is 47.6 Å². The molecule has 0 spiro atoms. The lowest BCUT2D eigenvalue weighted by atomic mass is 9.98. The Labute approximate surface area is 202 Å². The lowest BCUT2D eigenvalue weighted by molar-refractivity contribution is 0.805. The number of allylic oxidation sites excluding steroid dienone is 6. The fourth-order valence-corrected chi connectivity index (χ4v) is 4.29. The third-order valence-corrected chi connectivity index (χ3v) is 6.10. The van der Waals surface area contributed by atoms with E-state index in [4.69, 9.17) is 9.98 Å². The van der Waals surface area contributed by atoms with Crippen LogP contribution < -0.4 is 0 Å². The molecule has 3 aromatic rings. The summed E-state index contributed by atoms with van der Waals surface area (Å²) in [6, 6.07) is 12.7. The van der Waals surface area contributed by atoms with Crippen LogP contribution in [0.1, 0.15) is 56.9 Å². The molecule has 34 heavy (non-hydrogen) atoms. The number of nitrogens with zero attached hydrogens (tertiary/aromatic N) is 4. The van der Waals surface area contributed by atoms with Crippen molar-refractivity contribution in [3.05, 3.63) is 101 Å². The first-order valence-electron chi connectivity index (χ1n) is 11.9. The van der Waals surface area contributed by atoms with Crippen molar-refractivity contribution >= 4 is 17.0 Å². The van der Waals surface area contributed by atoms with Gasteiger partial charge in [-0.15, -0.1) is 0 Å². The summed E-state index contributed by atoms with van der Waals surface area (Å²) in [4.78, 5) is 9.54. The summed E-state index contributed by atoms with van der Waals surface area (Å²) in [6.45, 7) is 8.62. The van der Waals surface area contributed by atoms with Gasteiger partial charge in [-0.2, -0.15) is 10.2 Å². The number of rotatable bonds is 5. The number of aryl methyl sites for hydroxylation is 1. The first kappa shape index (κ1) is 23.5. The molecule has 2 heterocycles. The van der Waals surface area contributed by atoms with Crippen molar-refractivity contribution in [1.82, 2.24) is 15.2 Å². The summed E-state index contributed by atoms with van der Waals surface area (Å²) < 4.78 is 0. The highest BCUT2D eigenvalue weighted by atomic mass is 15.1. The highest BCUT2D eigenvalue weighted by Gasteiger charge is 2.06. The highest BCUT2D eigenvalue weighted by molar-refractivity contribution is 5.87. The maximum absolute atomic E-state index is 4.82. The van der Waals surface area contributed by atoms with Crippen LogP contribution in [-0.2, 0) is 6.42 Å². The molecule has 0 atom stereocenters. The number of aromatic nitrogens is 3. The second-order valence-electron chi connectivity index (χ2n) is 9.19. The molecule has 4 nitrogen and oxygen atoms in total. The number of hydrogen-bond donors (Lipinski definition) is 0. The third-order valence-electron chi connectivity index (χ3n) is 6.10. The SMILES string of the molecule is CC1=CC=C(c2ccc(N=C(C)Cc3ccc(-c4ccnnc4)c(C)c3)cn2)C=C(C)CCC1. The molecule has 0 bridgehead atoms. The first-order chi connectivity index (χ1) is 16.5. The predicted molar refractivity (Wildman–Crippen MR) is 142 cm³/mol. The Balaban J connectivity index is 1.49. The average Bonchev–Trinajstić information content (AvgIpc) is 2.90. The second-order valence-corrected chi connectivity index (χ2v) is 9.19. The molecule has 0 saturated carbocycles. The molecule has 1 aromatic carbocycles. The highest BCUT2D eigenvalue weighted by Crippen LogP contribution is 2.25. The molecule has 4 heteroatoms. The Bertz CT molecular complexity index is 1260. The van der Waals surface area contributed by atoms with E-state index in [-0.39, 0.29) is 0 Å². The molecule has 2 aromatic heterocycles. The van der Waals surface area contributed by atoms with Gasteiger partial charge >= 0.3 is 0 Å². The molecular weight excluding hydrogens is 416 g/mol. The van der Waals surface area contributed by atoms with Gasteiger partial charge in [0, 0.05) is 23.3 Å². The molecule has 0 amide bonds. The van der Waals surface area contributed by atoms with Gasteiger partial charge in [0.05, 0.1) is 30.0 Å². The van der Waals surface area contributed by atoms with Crippen molar-refractivity contribution in [2.24, 2.45) is 4.99 Å². The van der Waals surface area contributed by atoms with Crippen LogP contribution in [0.25, 0.3) is 16.7 Å². The van der Waals surface area contributed by atoms with Gasteiger partial charge in [0.15, 0.2) is 0 Å². The standard InChI is InChI=1S/C30H32N4/c1-21-6-5-7-22(2)16-26(10-8-21)30-13-11-28(20-31-30)34-24(4)18-25-9-12-29(23(3)17-25)27-14-15-32-33-19-27/h8-17,19-20H,5-7,18H2,1-4H3. The summed E-state index contributed by atoms with van der Waals surface area (Å²) in [5.74, 6) is 0. The van der Waals surface area contributed by atoms with Crippen LogP contribution in [0.3, 0.4) is 0 Å². The van der Waals surface area contributed by atoms with Crippen LogP contribution in [-0.4, -0.2) is 20.9 Å². The fraction of sp³-hybridized carbons (Fsp3) is 0.267. The molecule has 0 fully saturated rings. The first-order valence-corrected chi connectivity index (χ1v) is 11.9. The minimum absolute atomic E-state index is 0.800. The van der Waals surface area contributed by atoms with Crippen molar-refractivity contribution in [2.45, 2.75) is 53.4 Å². The molecule has 1 aliphatic carbocycles. The maximum Gasteiger partial charge on any atom is 0.0812 e. The number of pyridine rings is 1. The summed E-state index contributed by atoms with van der Waals surface area (Å²) in [5.41, 5.74) is 11.6. The number of benzene rings is 1. The summed E-state index contributed by atoms with van der Waals surface area (Å²) in [6.07, 6.45) is 16.4. The van der Waals surface area contributed by atoms with Crippen molar-refractivity contribution in [3.63, 3.8) is 0 Å². The van der Waals surface area contributed by atoms with E-state index >= 15 is 0 Å². The van der Waals surface area contributed by atoms with E-state index in [0.717, 1.165) is 47.5 Å². The van der Waals surface area contributed by atoms with Gasteiger partial charge in [-0.25, -0.2) is 0 Å². The van der Waals surface area contributed by atoms with Gasteiger partial charge in [0.1, 0.15) is 0 Å². The lowest BCUT2D eigenvalue weighted by Gasteiger charge is -2.09. The largest absolute Gasteiger partial charge is 0.256 e. The van der Waals surface area contributed by atoms with E-state index in [1.807, 2.05) is 12.3 Å². The van der Waals surface area contributed by atoms with Crippen LogP contribution in [0.2, 0.25) is 0 Å². The Morgan fingerprint density at radius 3 is 2.50 bits per heavy atom. The Kier molecular flexibility index (Phi) is 7.58. The molecule has 4 rings (SSSR count). The van der Waals surface area contributed by atoms with Crippen LogP contribution in [0.4, 0.5) is 5.69 Å². The van der Waals surface area contributed by atoms with Crippen LogP contribution >= 0.6 is 0 Å². The molecule has 172 valence electrons. The van der Waals surface area contributed by atoms with Gasteiger partial charge in [-0.3, -0.25) is 9.98 Å². The third kappa shape index (κ3) is 6.22. The monoisotopic (exact) mass is 448 g/mol. The normalized spacial score (nSPS) is 14.9. The fourth-order valence-electron chi connectivity index (χ4n) is 4.29.